The van der Waals surface area contributed by atoms with Crippen LogP contribution in [0.5, 0.6) is 0 Å². The van der Waals surface area contributed by atoms with Crippen molar-refractivity contribution in [3.63, 3.8) is 0 Å². The minimum absolute atomic E-state index is 0.116. The lowest BCUT2D eigenvalue weighted by atomic mass is 10.1. The Balaban J connectivity index is 2.28. The highest BCUT2D eigenvalue weighted by Gasteiger charge is 2.19. The van der Waals surface area contributed by atoms with Gasteiger partial charge in [0.05, 0.1) is 10.7 Å². The summed E-state index contributed by atoms with van der Waals surface area (Å²) < 4.78 is 0. The van der Waals surface area contributed by atoms with E-state index in [0.29, 0.717) is 5.02 Å². The molecule has 1 aromatic rings. The summed E-state index contributed by atoms with van der Waals surface area (Å²) in [6.45, 7) is 1.90. The van der Waals surface area contributed by atoms with Crippen LogP contribution in [0.4, 0.5) is 5.69 Å². The molecule has 0 unspecified atom stereocenters. The van der Waals surface area contributed by atoms with Gasteiger partial charge in [0.25, 0.3) is 5.78 Å². The van der Waals surface area contributed by atoms with Crippen LogP contribution in [-0.2, 0) is 4.79 Å². The molecule has 1 heterocycles. The maximum Gasteiger partial charge on any atom is 0.377 e. The molecule has 90 valence electrons. The number of halogens is 1. The molecule has 5 heteroatoms. The number of nitrogens with zero attached hydrogens (tertiary/aromatic N) is 1. The highest BCUT2D eigenvalue weighted by molar-refractivity contribution is 6.41. The number of benzene rings is 1. The van der Waals surface area contributed by atoms with E-state index in [0.717, 1.165) is 31.6 Å². The highest BCUT2D eigenvalue weighted by Crippen LogP contribution is 2.29. The van der Waals surface area contributed by atoms with Crippen molar-refractivity contribution in [3.8, 4) is 0 Å². The van der Waals surface area contributed by atoms with Crippen molar-refractivity contribution in [2.75, 3.05) is 18.0 Å². The summed E-state index contributed by atoms with van der Waals surface area (Å²) >= 11 is 6.07. The van der Waals surface area contributed by atoms with E-state index in [2.05, 4.69) is 4.90 Å². The summed E-state index contributed by atoms with van der Waals surface area (Å²) in [5.41, 5.74) is 0.983. The lowest BCUT2D eigenvalue weighted by Gasteiger charge is -2.19. The van der Waals surface area contributed by atoms with Gasteiger partial charge in [-0.3, -0.25) is 4.79 Å². The van der Waals surface area contributed by atoms with E-state index in [1.54, 1.807) is 6.07 Å². The fourth-order valence-corrected chi connectivity index (χ4v) is 2.29. The number of anilines is 1. The second-order valence-corrected chi connectivity index (χ2v) is 4.40. The third kappa shape index (κ3) is 2.42. The number of carboxylic acid groups (broad SMARTS) is 1. The van der Waals surface area contributed by atoms with Gasteiger partial charge in [0, 0.05) is 18.7 Å². The maximum absolute atomic E-state index is 11.3. The Morgan fingerprint density at radius 1 is 1.24 bits per heavy atom. The van der Waals surface area contributed by atoms with Crippen molar-refractivity contribution >= 4 is 29.0 Å². The van der Waals surface area contributed by atoms with Crippen LogP contribution in [-0.4, -0.2) is 29.9 Å². The zero-order valence-electron chi connectivity index (χ0n) is 9.15. The van der Waals surface area contributed by atoms with Crippen molar-refractivity contribution in [1.29, 1.82) is 0 Å². The first-order valence-corrected chi connectivity index (χ1v) is 5.79. The van der Waals surface area contributed by atoms with E-state index in [-0.39, 0.29) is 5.56 Å². The summed E-state index contributed by atoms with van der Waals surface area (Å²) in [4.78, 5) is 23.9. The molecule has 4 nitrogen and oxygen atoms in total. The Morgan fingerprint density at radius 3 is 2.41 bits per heavy atom. The molecule has 0 amide bonds. The van der Waals surface area contributed by atoms with Gasteiger partial charge in [-0.25, -0.2) is 4.79 Å². The maximum atomic E-state index is 11.3. The first-order valence-electron chi connectivity index (χ1n) is 5.41. The molecule has 1 aromatic carbocycles. The Bertz CT molecular complexity index is 467. The molecule has 1 aliphatic heterocycles. The second kappa shape index (κ2) is 4.75. The fourth-order valence-electron chi connectivity index (χ4n) is 1.99. The summed E-state index contributed by atoms with van der Waals surface area (Å²) in [5.74, 6) is -2.39. The van der Waals surface area contributed by atoms with Crippen LogP contribution in [0.25, 0.3) is 0 Å². The molecular weight excluding hydrogens is 242 g/mol. The first-order chi connectivity index (χ1) is 8.09. The Kier molecular flexibility index (Phi) is 3.33. The number of hydrogen-bond acceptors (Lipinski definition) is 3. The lowest BCUT2D eigenvalue weighted by Crippen LogP contribution is -2.18. The van der Waals surface area contributed by atoms with E-state index in [4.69, 9.17) is 16.7 Å². The van der Waals surface area contributed by atoms with E-state index < -0.39 is 11.8 Å². The minimum Gasteiger partial charge on any atom is -0.475 e. The number of hydrogen-bond donors (Lipinski definition) is 1. The zero-order valence-corrected chi connectivity index (χ0v) is 9.91. The SMILES string of the molecule is O=C(O)C(=O)c1ccc(N2CCCC2)c(Cl)c1. The molecule has 0 spiro atoms. The van der Waals surface area contributed by atoms with Crippen LogP contribution in [0, 0.1) is 0 Å². The molecule has 0 aliphatic carbocycles. The molecule has 1 saturated heterocycles. The van der Waals surface area contributed by atoms with Gasteiger partial charge in [-0.05, 0) is 31.0 Å². The fraction of sp³-hybridized carbons (Fsp3) is 0.333. The predicted octanol–water partition coefficient (Wildman–Crippen LogP) is 2.21. The van der Waals surface area contributed by atoms with E-state index in [1.807, 2.05) is 0 Å². The molecule has 0 saturated carbocycles. The lowest BCUT2D eigenvalue weighted by molar-refractivity contribution is -0.131. The monoisotopic (exact) mass is 253 g/mol. The van der Waals surface area contributed by atoms with Crippen LogP contribution in [0.15, 0.2) is 18.2 Å². The van der Waals surface area contributed by atoms with Crippen LogP contribution in [0.3, 0.4) is 0 Å². The topological polar surface area (TPSA) is 57.6 Å². The number of rotatable bonds is 3. The summed E-state index contributed by atoms with van der Waals surface area (Å²) in [5, 5.41) is 9.03. The van der Waals surface area contributed by atoms with Gasteiger partial charge in [0.1, 0.15) is 0 Å². The van der Waals surface area contributed by atoms with Gasteiger partial charge >= 0.3 is 5.97 Å². The van der Waals surface area contributed by atoms with Crippen molar-refractivity contribution in [3.05, 3.63) is 28.8 Å². The molecule has 1 N–H and O–H groups in total. The summed E-state index contributed by atoms with van der Waals surface area (Å²) in [6, 6.07) is 4.64. The quantitative estimate of drug-likeness (QED) is 0.663. The molecule has 0 radical (unpaired) electrons. The smallest absolute Gasteiger partial charge is 0.377 e. The summed E-state index contributed by atoms with van der Waals surface area (Å²) in [6.07, 6.45) is 2.26. The van der Waals surface area contributed by atoms with Gasteiger partial charge in [-0.1, -0.05) is 11.6 Å². The van der Waals surface area contributed by atoms with E-state index in [9.17, 15) is 9.59 Å². The first kappa shape index (κ1) is 11.9. The molecule has 1 fully saturated rings. The Labute approximate surface area is 104 Å². The van der Waals surface area contributed by atoms with Gasteiger partial charge < -0.3 is 10.0 Å². The number of Topliss-reactive ketones (excluding diaryl/α,β-unsaturated/α-hetero) is 1. The van der Waals surface area contributed by atoms with Crippen LogP contribution >= 0.6 is 11.6 Å². The second-order valence-electron chi connectivity index (χ2n) is 3.99. The van der Waals surface area contributed by atoms with E-state index >= 15 is 0 Å². The Hall–Kier alpha value is -1.55. The van der Waals surface area contributed by atoms with Crippen LogP contribution in [0.2, 0.25) is 5.02 Å². The Morgan fingerprint density at radius 2 is 1.88 bits per heavy atom. The number of aliphatic carboxylic acids is 1. The van der Waals surface area contributed by atoms with Gasteiger partial charge in [0.15, 0.2) is 0 Å². The average molecular weight is 254 g/mol. The minimum atomic E-state index is -1.46. The third-order valence-electron chi connectivity index (χ3n) is 2.85. The normalized spacial score (nSPS) is 15.0. The molecule has 0 atom stereocenters. The number of carbonyl (C=O) groups excluding carboxylic acids is 1. The molecule has 0 aromatic heterocycles. The molecular formula is C12H12ClNO3. The highest BCUT2D eigenvalue weighted by atomic mass is 35.5. The van der Waals surface area contributed by atoms with Gasteiger partial charge in [0.2, 0.25) is 0 Å². The van der Waals surface area contributed by atoms with Crippen LogP contribution < -0.4 is 4.90 Å². The van der Waals surface area contributed by atoms with Gasteiger partial charge in [-0.2, -0.15) is 0 Å². The molecule has 0 bridgehead atoms. The molecule has 1 aliphatic rings. The largest absolute Gasteiger partial charge is 0.475 e. The number of carbonyl (C=O) groups is 2. The number of carboxylic acids is 1. The third-order valence-corrected chi connectivity index (χ3v) is 3.15. The van der Waals surface area contributed by atoms with Gasteiger partial charge in [-0.15, -0.1) is 0 Å². The standard InChI is InChI=1S/C12H12ClNO3/c13-9-7-8(11(15)12(16)17)3-4-10(9)14-5-1-2-6-14/h3-4,7H,1-2,5-6H2,(H,16,17). The van der Waals surface area contributed by atoms with Crippen molar-refractivity contribution in [2.24, 2.45) is 0 Å². The predicted molar refractivity (Wildman–Crippen MR) is 64.9 cm³/mol. The van der Waals surface area contributed by atoms with Crippen molar-refractivity contribution in [1.82, 2.24) is 0 Å². The molecule has 2 rings (SSSR count). The average Bonchev–Trinajstić information content (AvgIpc) is 2.81. The molecule has 17 heavy (non-hydrogen) atoms. The zero-order chi connectivity index (χ0) is 12.4. The van der Waals surface area contributed by atoms with Crippen molar-refractivity contribution in [2.45, 2.75) is 12.8 Å². The van der Waals surface area contributed by atoms with Crippen LogP contribution in [0.1, 0.15) is 23.2 Å². The van der Waals surface area contributed by atoms with E-state index in [1.165, 1.54) is 12.1 Å². The van der Waals surface area contributed by atoms with Crippen molar-refractivity contribution < 1.29 is 14.7 Å². The number of ketones is 1. The summed E-state index contributed by atoms with van der Waals surface area (Å²) in [7, 11) is 0.